The van der Waals surface area contributed by atoms with E-state index in [0.717, 1.165) is 41.0 Å². The molecule has 2 rings (SSSR count). The number of hydrogen-bond donors (Lipinski definition) is 2. The van der Waals surface area contributed by atoms with Gasteiger partial charge in [0.25, 0.3) is 0 Å². The van der Waals surface area contributed by atoms with Crippen LogP contribution in [-0.4, -0.2) is 24.5 Å². The summed E-state index contributed by atoms with van der Waals surface area (Å²) < 4.78 is 5.51. The summed E-state index contributed by atoms with van der Waals surface area (Å²) in [7, 11) is 1.77. The van der Waals surface area contributed by atoms with Gasteiger partial charge >= 0.3 is 0 Å². The minimum atomic E-state index is 0.708. The lowest BCUT2D eigenvalue weighted by Crippen LogP contribution is -2.37. The van der Waals surface area contributed by atoms with Crippen LogP contribution < -0.4 is 10.6 Å². The standard InChI is InChI=1S/C15H22N4OS/c1-10-7-13(12(3)20-10)9-19-15(16-4)17-6-5-14-18-8-11(2)21-14/h7-8H,5-6,9H2,1-4H3,(H2,16,17,19). The van der Waals surface area contributed by atoms with E-state index >= 15 is 0 Å². The van der Waals surface area contributed by atoms with Crippen LogP contribution in [0.1, 0.15) is 27.0 Å². The summed E-state index contributed by atoms with van der Waals surface area (Å²) in [5, 5.41) is 7.74. The largest absolute Gasteiger partial charge is 0.466 e. The van der Waals surface area contributed by atoms with Crippen LogP contribution in [0.4, 0.5) is 0 Å². The van der Waals surface area contributed by atoms with Gasteiger partial charge in [0.2, 0.25) is 0 Å². The minimum absolute atomic E-state index is 0.708. The topological polar surface area (TPSA) is 62.5 Å². The zero-order valence-electron chi connectivity index (χ0n) is 13.0. The van der Waals surface area contributed by atoms with E-state index in [1.165, 1.54) is 4.88 Å². The van der Waals surface area contributed by atoms with Gasteiger partial charge in [-0.15, -0.1) is 11.3 Å². The lowest BCUT2D eigenvalue weighted by molar-refractivity contribution is 0.500. The average Bonchev–Trinajstić information content (AvgIpc) is 2.99. The van der Waals surface area contributed by atoms with Gasteiger partial charge in [-0.25, -0.2) is 4.98 Å². The second-order valence-corrected chi connectivity index (χ2v) is 6.22. The van der Waals surface area contributed by atoms with Crippen molar-refractivity contribution in [3.05, 3.63) is 39.2 Å². The number of hydrogen-bond acceptors (Lipinski definition) is 4. The molecule has 0 amide bonds. The Kier molecular flexibility index (Phi) is 5.38. The molecular formula is C15H22N4OS. The zero-order valence-corrected chi connectivity index (χ0v) is 13.8. The molecule has 0 fully saturated rings. The van der Waals surface area contributed by atoms with Gasteiger partial charge in [0, 0.05) is 43.2 Å². The van der Waals surface area contributed by atoms with Crippen LogP contribution in [0, 0.1) is 20.8 Å². The second kappa shape index (κ2) is 7.26. The molecule has 0 unspecified atom stereocenters. The van der Waals surface area contributed by atoms with Gasteiger partial charge in [0.15, 0.2) is 5.96 Å². The average molecular weight is 306 g/mol. The first-order valence-electron chi connectivity index (χ1n) is 7.00. The number of aliphatic imine (C=N–C) groups is 1. The van der Waals surface area contributed by atoms with Gasteiger partial charge in [0.1, 0.15) is 11.5 Å². The predicted octanol–water partition coefficient (Wildman–Crippen LogP) is 2.57. The van der Waals surface area contributed by atoms with Crippen molar-refractivity contribution in [2.24, 2.45) is 4.99 Å². The number of guanidine groups is 1. The third kappa shape index (κ3) is 4.60. The van der Waals surface area contributed by atoms with Crippen LogP contribution in [-0.2, 0) is 13.0 Å². The van der Waals surface area contributed by atoms with E-state index in [9.17, 15) is 0 Å². The Morgan fingerprint density at radius 2 is 2.14 bits per heavy atom. The molecular weight excluding hydrogens is 284 g/mol. The maximum Gasteiger partial charge on any atom is 0.191 e. The molecule has 0 saturated heterocycles. The summed E-state index contributed by atoms with van der Waals surface area (Å²) in [6, 6.07) is 2.05. The van der Waals surface area contributed by atoms with Gasteiger partial charge in [-0.1, -0.05) is 0 Å². The maximum atomic E-state index is 5.51. The lowest BCUT2D eigenvalue weighted by atomic mass is 10.2. The highest BCUT2D eigenvalue weighted by Crippen LogP contribution is 2.13. The van der Waals surface area contributed by atoms with Crippen LogP contribution in [0.2, 0.25) is 0 Å². The summed E-state index contributed by atoms with van der Waals surface area (Å²) >= 11 is 1.74. The quantitative estimate of drug-likeness (QED) is 0.658. The van der Waals surface area contributed by atoms with Gasteiger partial charge in [-0.05, 0) is 26.8 Å². The van der Waals surface area contributed by atoms with E-state index in [0.29, 0.717) is 6.54 Å². The molecule has 0 aromatic carbocycles. The third-order valence-corrected chi connectivity index (χ3v) is 4.09. The van der Waals surface area contributed by atoms with E-state index in [2.05, 4.69) is 27.5 Å². The molecule has 5 nitrogen and oxygen atoms in total. The number of furan rings is 1. The first-order chi connectivity index (χ1) is 10.1. The van der Waals surface area contributed by atoms with E-state index in [4.69, 9.17) is 4.42 Å². The first kappa shape index (κ1) is 15.6. The van der Waals surface area contributed by atoms with Crippen molar-refractivity contribution in [3.63, 3.8) is 0 Å². The number of nitrogens with zero attached hydrogens (tertiary/aromatic N) is 2. The fourth-order valence-corrected chi connectivity index (χ4v) is 2.85. The lowest BCUT2D eigenvalue weighted by Gasteiger charge is -2.10. The Balaban J connectivity index is 1.77. The molecule has 0 spiro atoms. The molecule has 0 atom stereocenters. The Bertz CT molecular complexity index is 615. The second-order valence-electron chi connectivity index (χ2n) is 4.91. The fourth-order valence-electron chi connectivity index (χ4n) is 2.06. The molecule has 0 aliphatic rings. The van der Waals surface area contributed by atoms with Crippen LogP contribution >= 0.6 is 11.3 Å². The van der Waals surface area contributed by atoms with Crippen molar-refractivity contribution in [2.75, 3.05) is 13.6 Å². The SMILES string of the molecule is CN=C(NCCc1ncc(C)s1)NCc1cc(C)oc1C. The van der Waals surface area contributed by atoms with Gasteiger partial charge in [-0.3, -0.25) is 4.99 Å². The summed E-state index contributed by atoms with van der Waals surface area (Å²) in [6.45, 7) is 7.53. The van der Waals surface area contributed by atoms with E-state index < -0.39 is 0 Å². The van der Waals surface area contributed by atoms with Crippen molar-refractivity contribution < 1.29 is 4.42 Å². The monoisotopic (exact) mass is 306 g/mol. The molecule has 2 N–H and O–H groups in total. The summed E-state index contributed by atoms with van der Waals surface area (Å²) in [6.07, 6.45) is 2.82. The molecule has 2 heterocycles. The molecule has 2 aromatic heterocycles. The molecule has 21 heavy (non-hydrogen) atoms. The van der Waals surface area contributed by atoms with Gasteiger partial charge in [-0.2, -0.15) is 0 Å². The highest BCUT2D eigenvalue weighted by Gasteiger charge is 2.06. The number of nitrogens with one attached hydrogen (secondary N) is 2. The molecule has 0 bridgehead atoms. The van der Waals surface area contributed by atoms with E-state index in [1.807, 2.05) is 26.1 Å². The predicted molar refractivity (Wildman–Crippen MR) is 86.9 cm³/mol. The normalized spacial score (nSPS) is 11.7. The molecule has 0 saturated carbocycles. The minimum Gasteiger partial charge on any atom is -0.466 e. The van der Waals surface area contributed by atoms with Crippen LogP contribution in [0.15, 0.2) is 21.7 Å². The number of aryl methyl sites for hydroxylation is 3. The number of aromatic nitrogens is 1. The van der Waals surface area contributed by atoms with E-state index in [-0.39, 0.29) is 0 Å². The molecule has 0 aliphatic heterocycles. The summed E-state index contributed by atoms with van der Waals surface area (Å²) in [5.41, 5.74) is 1.16. The molecule has 0 radical (unpaired) electrons. The third-order valence-electron chi connectivity index (χ3n) is 3.11. The summed E-state index contributed by atoms with van der Waals surface area (Å²) in [4.78, 5) is 9.82. The van der Waals surface area contributed by atoms with Crippen molar-refractivity contribution >= 4 is 17.3 Å². The van der Waals surface area contributed by atoms with Gasteiger partial charge in [0.05, 0.1) is 5.01 Å². The van der Waals surface area contributed by atoms with Crippen molar-refractivity contribution in [1.82, 2.24) is 15.6 Å². The van der Waals surface area contributed by atoms with Crippen molar-refractivity contribution in [3.8, 4) is 0 Å². The van der Waals surface area contributed by atoms with E-state index in [1.54, 1.807) is 18.4 Å². The van der Waals surface area contributed by atoms with Crippen LogP contribution in [0.25, 0.3) is 0 Å². The maximum absolute atomic E-state index is 5.51. The zero-order chi connectivity index (χ0) is 15.2. The summed E-state index contributed by atoms with van der Waals surface area (Å²) in [5.74, 6) is 2.68. The molecule has 0 aliphatic carbocycles. The molecule has 6 heteroatoms. The molecule has 2 aromatic rings. The number of rotatable bonds is 5. The smallest absolute Gasteiger partial charge is 0.191 e. The van der Waals surface area contributed by atoms with Crippen molar-refractivity contribution in [2.45, 2.75) is 33.7 Å². The van der Waals surface area contributed by atoms with Crippen LogP contribution in [0.3, 0.4) is 0 Å². The Morgan fingerprint density at radius 1 is 1.33 bits per heavy atom. The van der Waals surface area contributed by atoms with Gasteiger partial charge < -0.3 is 15.1 Å². The highest BCUT2D eigenvalue weighted by molar-refractivity contribution is 7.11. The number of thiazole rings is 1. The van der Waals surface area contributed by atoms with Crippen LogP contribution in [0.5, 0.6) is 0 Å². The molecule has 114 valence electrons. The van der Waals surface area contributed by atoms with Crippen molar-refractivity contribution in [1.29, 1.82) is 0 Å². The Hall–Kier alpha value is -1.82. The Morgan fingerprint density at radius 3 is 2.71 bits per heavy atom. The fraction of sp³-hybridized carbons (Fsp3) is 0.467. The first-order valence-corrected chi connectivity index (χ1v) is 7.82. The Labute approximate surface area is 129 Å². The highest BCUT2D eigenvalue weighted by atomic mass is 32.1.